The molecular weight excluding hydrogens is 278 g/mol. The van der Waals surface area contributed by atoms with Crippen molar-refractivity contribution in [3.05, 3.63) is 53.3 Å². The van der Waals surface area contributed by atoms with Crippen molar-refractivity contribution in [2.45, 2.75) is 19.1 Å². The highest BCUT2D eigenvalue weighted by Crippen LogP contribution is 2.25. The third-order valence-corrected chi connectivity index (χ3v) is 3.11. The van der Waals surface area contributed by atoms with Gasteiger partial charge in [0.25, 0.3) is 0 Å². The van der Waals surface area contributed by atoms with Crippen LogP contribution in [0.5, 0.6) is 11.5 Å². The molecule has 2 aromatic rings. The smallest absolute Gasteiger partial charge is 0.137 e. The number of halogens is 1. The molecule has 0 aliphatic rings. The van der Waals surface area contributed by atoms with E-state index in [4.69, 9.17) is 21.1 Å². The molecule has 0 saturated heterocycles. The number of aliphatic hydroxyl groups is 1. The van der Waals surface area contributed by atoms with E-state index in [2.05, 4.69) is 4.98 Å². The molecule has 2 atom stereocenters. The van der Waals surface area contributed by atoms with E-state index in [1.54, 1.807) is 56.8 Å². The van der Waals surface area contributed by atoms with Gasteiger partial charge in [-0.25, -0.2) is 0 Å². The van der Waals surface area contributed by atoms with Crippen LogP contribution in [0.25, 0.3) is 0 Å². The quantitative estimate of drug-likeness (QED) is 0.919. The Morgan fingerprint density at radius 2 is 2.00 bits per heavy atom. The summed E-state index contributed by atoms with van der Waals surface area (Å²) in [4.78, 5) is 4.02. The van der Waals surface area contributed by atoms with E-state index in [-0.39, 0.29) is 0 Å². The van der Waals surface area contributed by atoms with E-state index < -0.39 is 12.2 Å². The van der Waals surface area contributed by atoms with Gasteiger partial charge in [0.05, 0.1) is 13.3 Å². The largest absolute Gasteiger partial charge is 0.495 e. The maximum absolute atomic E-state index is 10.3. The van der Waals surface area contributed by atoms with Crippen LogP contribution in [-0.4, -0.2) is 23.3 Å². The molecule has 1 aromatic carbocycles. The molecule has 0 saturated carbocycles. The lowest BCUT2D eigenvalue weighted by molar-refractivity contribution is 0.0464. The van der Waals surface area contributed by atoms with Gasteiger partial charge in [0.1, 0.15) is 23.7 Å². The molecule has 1 aromatic heterocycles. The summed E-state index contributed by atoms with van der Waals surface area (Å²) in [5, 5.41) is 10.9. The summed E-state index contributed by atoms with van der Waals surface area (Å²) in [6, 6.07) is 8.79. The summed E-state index contributed by atoms with van der Waals surface area (Å²) >= 11 is 5.90. The van der Waals surface area contributed by atoms with Crippen LogP contribution in [0.3, 0.4) is 0 Å². The summed E-state index contributed by atoms with van der Waals surface area (Å²) in [7, 11) is 1.55. The Morgan fingerprint density at radius 1 is 1.20 bits per heavy atom. The fourth-order valence-electron chi connectivity index (χ4n) is 1.80. The molecule has 0 spiro atoms. The molecule has 106 valence electrons. The van der Waals surface area contributed by atoms with Gasteiger partial charge in [-0.3, -0.25) is 4.98 Å². The van der Waals surface area contributed by atoms with Crippen molar-refractivity contribution in [1.29, 1.82) is 0 Å². The average Bonchev–Trinajstić information content (AvgIpc) is 2.46. The number of hydrogen-bond acceptors (Lipinski definition) is 4. The zero-order valence-corrected chi connectivity index (χ0v) is 12.0. The number of aromatic nitrogens is 1. The number of benzene rings is 1. The van der Waals surface area contributed by atoms with Gasteiger partial charge in [-0.05, 0) is 31.2 Å². The first-order chi connectivity index (χ1) is 9.60. The molecule has 2 unspecified atom stereocenters. The van der Waals surface area contributed by atoms with Crippen molar-refractivity contribution >= 4 is 11.6 Å². The number of aliphatic hydroxyl groups excluding tert-OH is 1. The molecule has 0 aliphatic heterocycles. The Hall–Kier alpha value is -1.78. The highest BCUT2D eigenvalue weighted by atomic mass is 35.5. The van der Waals surface area contributed by atoms with E-state index in [0.29, 0.717) is 22.1 Å². The van der Waals surface area contributed by atoms with Crippen molar-refractivity contribution in [3.8, 4) is 11.5 Å². The minimum Gasteiger partial charge on any atom is -0.495 e. The summed E-state index contributed by atoms with van der Waals surface area (Å²) < 4.78 is 10.8. The zero-order chi connectivity index (χ0) is 14.5. The Balaban J connectivity index is 2.09. The molecule has 0 amide bonds. The maximum Gasteiger partial charge on any atom is 0.137 e. The minimum absolute atomic E-state index is 0.442. The van der Waals surface area contributed by atoms with Gasteiger partial charge in [-0.15, -0.1) is 0 Å². The molecule has 0 bridgehead atoms. The SMILES string of the molecule is COc1cncc(C(O)C(C)Oc2cccc(Cl)c2)c1. The number of methoxy groups -OCH3 is 1. The lowest BCUT2D eigenvalue weighted by Gasteiger charge is -2.21. The second-order valence-corrected chi connectivity index (χ2v) is 4.82. The average molecular weight is 294 g/mol. The third-order valence-electron chi connectivity index (χ3n) is 2.87. The van der Waals surface area contributed by atoms with Gasteiger partial charge in [0.2, 0.25) is 0 Å². The molecule has 0 fully saturated rings. The molecule has 1 heterocycles. The number of nitrogens with zero attached hydrogens (tertiary/aromatic N) is 1. The predicted molar refractivity (Wildman–Crippen MR) is 77.3 cm³/mol. The molecule has 1 N–H and O–H groups in total. The molecule has 2 rings (SSSR count). The number of rotatable bonds is 5. The summed E-state index contributed by atoms with van der Waals surface area (Å²) in [6.07, 6.45) is 1.92. The first kappa shape index (κ1) is 14.6. The molecule has 0 aliphatic carbocycles. The number of hydrogen-bond donors (Lipinski definition) is 1. The van der Waals surface area contributed by atoms with E-state index >= 15 is 0 Å². The van der Waals surface area contributed by atoms with Gasteiger partial charge >= 0.3 is 0 Å². The zero-order valence-electron chi connectivity index (χ0n) is 11.3. The predicted octanol–water partition coefficient (Wildman–Crippen LogP) is 3.24. The lowest BCUT2D eigenvalue weighted by Crippen LogP contribution is -2.21. The van der Waals surface area contributed by atoms with E-state index in [1.165, 1.54) is 0 Å². The van der Waals surface area contributed by atoms with Crippen molar-refractivity contribution in [2.24, 2.45) is 0 Å². The van der Waals surface area contributed by atoms with Crippen LogP contribution in [0.2, 0.25) is 5.02 Å². The molecule has 20 heavy (non-hydrogen) atoms. The topological polar surface area (TPSA) is 51.6 Å². The third kappa shape index (κ3) is 3.62. The number of ether oxygens (including phenoxy) is 2. The minimum atomic E-state index is -0.809. The molecule has 5 heteroatoms. The van der Waals surface area contributed by atoms with Crippen molar-refractivity contribution in [3.63, 3.8) is 0 Å². The van der Waals surface area contributed by atoms with Gasteiger partial charge in [-0.1, -0.05) is 17.7 Å². The van der Waals surface area contributed by atoms with Crippen LogP contribution in [0.4, 0.5) is 0 Å². The Kier molecular flexibility index (Phi) is 4.82. The molecular formula is C15H16ClNO3. The van der Waals surface area contributed by atoms with Gasteiger partial charge in [-0.2, -0.15) is 0 Å². The van der Waals surface area contributed by atoms with Gasteiger partial charge in [0.15, 0.2) is 0 Å². The van der Waals surface area contributed by atoms with E-state index in [1.807, 2.05) is 0 Å². The summed E-state index contributed by atoms with van der Waals surface area (Å²) in [5.74, 6) is 1.21. The normalized spacial score (nSPS) is 13.6. The Bertz CT molecular complexity index is 577. The first-order valence-electron chi connectivity index (χ1n) is 6.19. The summed E-state index contributed by atoms with van der Waals surface area (Å²) in [5.41, 5.74) is 0.638. The van der Waals surface area contributed by atoms with E-state index in [9.17, 15) is 5.11 Å². The van der Waals surface area contributed by atoms with Crippen LogP contribution >= 0.6 is 11.6 Å². The number of pyridine rings is 1. The van der Waals surface area contributed by atoms with Crippen LogP contribution in [0.15, 0.2) is 42.7 Å². The maximum atomic E-state index is 10.3. The standard InChI is InChI=1S/C15H16ClNO3/c1-10(20-13-5-3-4-12(16)7-13)15(18)11-6-14(19-2)9-17-8-11/h3-10,15,18H,1-2H3. The Morgan fingerprint density at radius 3 is 2.70 bits per heavy atom. The van der Waals surface area contributed by atoms with Crippen LogP contribution in [0.1, 0.15) is 18.6 Å². The Labute approximate surface area is 122 Å². The van der Waals surface area contributed by atoms with Crippen LogP contribution in [0, 0.1) is 0 Å². The van der Waals surface area contributed by atoms with Crippen molar-refractivity contribution < 1.29 is 14.6 Å². The van der Waals surface area contributed by atoms with E-state index in [0.717, 1.165) is 0 Å². The second kappa shape index (κ2) is 6.59. The van der Waals surface area contributed by atoms with Crippen molar-refractivity contribution in [1.82, 2.24) is 4.98 Å². The highest BCUT2D eigenvalue weighted by Gasteiger charge is 2.19. The van der Waals surface area contributed by atoms with Crippen LogP contribution < -0.4 is 9.47 Å². The highest BCUT2D eigenvalue weighted by molar-refractivity contribution is 6.30. The second-order valence-electron chi connectivity index (χ2n) is 4.38. The fourth-order valence-corrected chi connectivity index (χ4v) is 1.98. The fraction of sp³-hybridized carbons (Fsp3) is 0.267. The monoisotopic (exact) mass is 293 g/mol. The van der Waals surface area contributed by atoms with Gasteiger partial charge in [0, 0.05) is 16.8 Å². The molecule has 0 radical (unpaired) electrons. The molecule has 4 nitrogen and oxygen atoms in total. The lowest BCUT2D eigenvalue weighted by atomic mass is 10.1. The summed E-state index contributed by atoms with van der Waals surface area (Å²) in [6.45, 7) is 1.78. The first-order valence-corrected chi connectivity index (χ1v) is 6.57. The van der Waals surface area contributed by atoms with Crippen LogP contribution in [-0.2, 0) is 0 Å². The van der Waals surface area contributed by atoms with Crippen molar-refractivity contribution in [2.75, 3.05) is 7.11 Å². The van der Waals surface area contributed by atoms with Gasteiger partial charge < -0.3 is 14.6 Å².